The zero-order valence-corrected chi connectivity index (χ0v) is 15.4. The first kappa shape index (κ1) is 17.7. The molecule has 3 rings (SSSR count). The Labute approximate surface area is 150 Å². The van der Waals surface area contributed by atoms with E-state index in [1.807, 2.05) is 0 Å². The van der Waals surface area contributed by atoms with Crippen molar-refractivity contribution in [1.82, 2.24) is 10.2 Å². The van der Waals surface area contributed by atoms with Gasteiger partial charge in [0.2, 0.25) is 0 Å². The lowest BCUT2D eigenvalue weighted by Gasteiger charge is -2.21. The Morgan fingerprint density at radius 1 is 1.20 bits per heavy atom. The molecule has 25 heavy (non-hydrogen) atoms. The third-order valence-corrected chi connectivity index (χ3v) is 4.70. The molecule has 0 aromatic heterocycles. The summed E-state index contributed by atoms with van der Waals surface area (Å²) in [5.41, 5.74) is 1.25. The largest absolute Gasteiger partial charge is 0.381 e. The van der Waals surface area contributed by atoms with Crippen LogP contribution < -0.4 is 5.32 Å². The van der Waals surface area contributed by atoms with Crippen molar-refractivity contribution in [1.29, 1.82) is 0 Å². The second kappa shape index (κ2) is 8.86. The molecule has 4 nitrogen and oxygen atoms in total. The van der Waals surface area contributed by atoms with Gasteiger partial charge in [-0.2, -0.15) is 0 Å². The average molecular weight is 339 g/mol. The first-order valence-corrected chi connectivity index (χ1v) is 9.38. The van der Waals surface area contributed by atoms with Gasteiger partial charge in [-0.1, -0.05) is 36.4 Å². The fourth-order valence-electron chi connectivity index (χ4n) is 3.37. The van der Waals surface area contributed by atoms with E-state index in [-0.39, 0.29) is 0 Å². The van der Waals surface area contributed by atoms with Crippen LogP contribution in [0.2, 0.25) is 0 Å². The minimum Gasteiger partial charge on any atom is -0.381 e. The number of ether oxygens (including phenoxy) is 1. The van der Waals surface area contributed by atoms with Crippen molar-refractivity contribution in [3.63, 3.8) is 0 Å². The Balaban J connectivity index is 1.67. The molecule has 0 aliphatic carbocycles. The van der Waals surface area contributed by atoms with Gasteiger partial charge in [0.15, 0.2) is 5.96 Å². The Hall–Kier alpha value is -2.07. The van der Waals surface area contributed by atoms with Crippen molar-refractivity contribution in [2.45, 2.75) is 26.8 Å². The normalized spacial score (nSPS) is 18.1. The molecule has 0 spiro atoms. The van der Waals surface area contributed by atoms with Crippen LogP contribution in [0.15, 0.2) is 47.5 Å². The number of fused-ring (bicyclic) bond motifs is 1. The molecule has 1 aliphatic heterocycles. The Kier molecular flexibility index (Phi) is 6.29. The molecule has 2 aromatic carbocycles. The number of benzene rings is 2. The lowest BCUT2D eigenvalue weighted by Crippen LogP contribution is -2.40. The number of aliphatic imine (C=N–C) groups is 1. The van der Waals surface area contributed by atoms with Gasteiger partial charge in [-0.15, -0.1) is 0 Å². The van der Waals surface area contributed by atoms with Gasteiger partial charge < -0.3 is 15.0 Å². The van der Waals surface area contributed by atoms with Crippen LogP contribution in [0.5, 0.6) is 0 Å². The fourth-order valence-corrected chi connectivity index (χ4v) is 3.37. The topological polar surface area (TPSA) is 36.9 Å². The molecular weight excluding hydrogens is 310 g/mol. The van der Waals surface area contributed by atoms with Gasteiger partial charge in [0.1, 0.15) is 0 Å². The van der Waals surface area contributed by atoms with Crippen LogP contribution in [0.3, 0.4) is 0 Å². The van der Waals surface area contributed by atoms with E-state index in [4.69, 9.17) is 9.73 Å². The van der Waals surface area contributed by atoms with E-state index in [0.717, 1.165) is 38.8 Å². The number of hydrogen-bond donors (Lipinski definition) is 1. The van der Waals surface area contributed by atoms with Gasteiger partial charge in [-0.05, 0) is 42.7 Å². The number of likely N-dealkylation sites (tertiary alicyclic amines) is 1. The molecular formula is C21H29N3O. The number of rotatable bonds is 6. The lowest BCUT2D eigenvalue weighted by atomic mass is 10.1. The van der Waals surface area contributed by atoms with Crippen LogP contribution in [-0.2, 0) is 11.3 Å². The molecule has 0 saturated carbocycles. The monoisotopic (exact) mass is 339 g/mol. The third-order valence-electron chi connectivity index (χ3n) is 4.70. The standard InChI is InChI=1S/C21H29N3O/c1-3-22-21(24-12-11-18(15-24)16-25-4-2)23-14-17-9-10-19-7-5-6-8-20(19)13-17/h5-10,13,18H,3-4,11-12,14-16H2,1-2H3,(H,22,23). The van der Waals surface area contributed by atoms with Crippen molar-refractivity contribution in [3.8, 4) is 0 Å². The number of hydrogen-bond acceptors (Lipinski definition) is 2. The van der Waals surface area contributed by atoms with Crippen LogP contribution in [0, 0.1) is 5.92 Å². The highest BCUT2D eigenvalue weighted by Gasteiger charge is 2.24. The molecule has 1 saturated heterocycles. The van der Waals surface area contributed by atoms with Gasteiger partial charge in [-0.25, -0.2) is 4.99 Å². The summed E-state index contributed by atoms with van der Waals surface area (Å²) < 4.78 is 5.59. The summed E-state index contributed by atoms with van der Waals surface area (Å²) in [4.78, 5) is 7.25. The van der Waals surface area contributed by atoms with Crippen molar-refractivity contribution >= 4 is 16.7 Å². The lowest BCUT2D eigenvalue weighted by molar-refractivity contribution is 0.114. The SMILES string of the molecule is CCNC(=NCc1ccc2ccccc2c1)N1CCC(COCC)C1. The highest BCUT2D eigenvalue weighted by molar-refractivity contribution is 5.83. The fraction of sp³-hybridized carbons (Fsp3) is 0.476. The van der Waals surface area contributed by atoms with Gasteiger partial charge in [0, 0.05) is 32.2 Å². The molecule has 1 aliphatic rings. The third kappa shape index (κ3) is 4.73. The predicted molar refractivity (Wildman–Crippen MR) is 105 cm³/mol. The van der Waals surface area contributed by atoms with Crippen LogP contribution >= 0.6 is 0 Å². The summed E-state index contributed by atoms with van der Waals surface area (Å²) in [5.74, 6) is 1.64. The summed E-state index contributed by atoms with van der Waals surface area (Å²) in [6.45, 7) is 9.53. The second-order valence-corrected chi connectivity index (χ2v) is 6.61. The van der Waals surface area contributed by atoms with Crippen molar-refractivity contribution in [3.05, 3.63) is 48.0 Å². The van der Waals surface area contributed by atoms with E-state index in [1.165, 1.54) is 22.8 Å². The number of nitrogens with zero attached hydrogens (tertiary/aromatic N) is 2. The molecule has 1 fully saturated rings. The molecule has 2 aromatic rings. The van der Waals surface area contributed by atoms with Crippen molar-refractivity contribution in [2.75, 3.05) is 32.8 Å². The first-order valence-electron chi connectivity index (χ1n) is 9.38. The van der Waals surface area contributed by atoms with Crippen LogP contribution in [-0.4, -0.2) is 43.7 Å². The van der Waals surface area contributed by atoms with Gasteiger partial charge in [0.05, 0.1) is 13.2 Å². The van der Waals surface area contributed by atoms with Gasteiger partial charge in [0.25, 0.3) is 0 Å². The predicted octanol–water partition coefficient (Wildman–Crippen LogP) is 3.66. The van der Waals surface area contributed by atoms with Crippen molar-refractivity contribution in [2.24, 2.45) is 10.9 Å². The maximum absolute atomic E-state index is 5.59. The maximum atomic E-state index is 5.59. The van der Waals surface area contributed by atoms with E-state index in [1.54, 1.807) is 0 Å². The molecule has 134 valence electrons. The number of nitrogens with one attached hydrogen (secondary N) is 1. The average Bonchev–Trinajstić information content (AvgIpc) is 3.12. The Morgan fingerprint density at radius 2 is 2.04 bits per heavy atom. The molecule has 1 atom stereocenters. The molecule has 0 amide bonds. The van der Waals surface area contributed by atoms with E-state index < -0.39 is 0 Å². The van der Waals surface area contributed by atoms with Crippen LogP contribution in [0.4, 0.5) is 0 Å². The van der Waals surface area contributed by atoms with E-state index in [0.29, 0.717) is 12.5 Å². The summed E-state index contributed by atoms with van der Waals surface area (Å²) in [7, 11) is 0. The highest BCUT2D eigenvalue weighted by Crippen LogP contribution is 2.18. The van der Waals surface area contributed by atoms with Gasteiger partial charge >= 0.3 is 0 Å². The summed E-state index contributed by atoms with van der Waals surface area (Å²) >= 11 is 0. The highest BCUT2D eigenvalue weighted by atomic mass is 16.5. The minimum absolute atomic E-state index is 0.615. The van der Waals surface area contributed by atoms with Crippen molar-refractivity contribution < 1.29 is 4.74 Å². The van der Waals surface area contributed by atoms with Crippen LogP contribution in [0.25, 0.3) is 10.8 Å². The molecule has 0 radical (unpaired) electrons. The molecule has 4 heteroatoms. The Bertz CT molecular complexity index is 713. The van der Waals surface area contributed by atoms with E-state index >= 15 is 0 Å². The molecule has 1 heterocycles. The molecule has 1 unspecified atom stereocenters. The Morgan fingerprint density at radius 3 is 2.84 bits per heavy atom. The number of guanidine groups is 1. The van der Waals surface area contributed by atoms with E-state index in [9.17, 15) is 0 Å². The molecule has 0 bridgehead atoms. The minimum atomic E-state index is 0.615. The summed E-state index contributed by atoms with van der Waals surface area (Å²) in [6.07, 6.45) is 1.18. The summed E-state index contributed by atoms with van der Waals surface area (Å²) in [6, 6.07) is 15.1. The quantitative estimate of drug-likeness (QED) is 0.644. The second-order valence-electron chi connectivity index (χ2n) is 6.61. The van der Waals surface area contributed by atoms with Gasteiger partial charge in [-0.3, -0.25) is 0 Å². The zero-order valence-electron chi connectivity index (χ0n) is 15.4. The van der Waals surface area contributed by atoms with Crippen LogP contribution in [0.1, 0.15) is 25.8 Å². The van der Waals surface area contributed by atoms with E-state index in [2.05, 4.69) is 66.5 Å². The summed E-state index contributed by atoms with van der Waals surface area (Å²) in [5, 5.41) is 6.00. The smallest absolute Gasteiger partial charge is 0.194 e. The zero-order chi connectivity index (χ0) is 17.5. The maximum Gasteiger partial charge on any atom is 0.194 e. The first-order chi connectivity index (χ1) is 12.3. The molecule has 1 N–H and O–H groups in total.